The number of rotatable bonds is 2. The standard InChI is InChI=1S/C5H6N2O4S/c8-5(9)4-7-3-1-2-6-12(7,10)11/h1-3H,4H2,(H,8,9). The summed E-state index contributed by atoms with van der Waals surface area (Å²) in [5.74, 6) is -1.22. The van der Waals surface area contributed by atoms with Gasteiger partial charge in [0.2, 0.25) is 0 Å². The Bertz CT molecular complexity index is 342. The Kier molecular flexibility index (Phi) is 2.13. The summed E-state index contributed by atoms with van der Waals surface area (Å²) < 4.78 is 25.6. The van der Waals surface area contributed by atoms with Gasteiger partial charge in [-0.25, -0.2) is 4.31 Å². The van der Waals surface area contributed by atoms with Crippen LogP contribution in [0.2, 0.25) is 0 Å². The molecule has 0 saturated carbocycles. The lowest BCUT2D eigenvalue weighted by Gasteiger charge is -2.15. The van der Waals surface area contributed by atoms with Gasteiger partial charge in [-0.05, 0) is 6.08 Å². The van der Waals surface area contributed by atoms with E-state index in [1.807, 2.05) is 0 Å². The average Bonchev–Trinajstić information content (AvgIpc) is 1.92. The highest BCUT2D eigenvalue weighted by Crippen LogP contribution is 2.06. The number of hydrogen-bond donors (Lipinski definition) is 1. The molecule has 1 rings (SSSR count). The maximum atomic E-state index is 10.9. The third-order valence-corrected chi connectivity index (χ3v) is 2.35. The van der Waals surface area contributed by atoms with Crippen molar-refractivity contribution in [2.24, 2.45) is 4.40 Å². The summed E-state index contributed by atoms with van der Waals surface area (Å²) in [6, 6.07) is 0. The van der Waals surface area contributed by atoms with Gasteiger partial charge in [0.1, 0.15) is 6.54 Å². The fraction of sp³-hybridized carbons (Fsp3) is 0.200. The van der Waals surface area contributed by atoms with Crippen molar-refractivity contribution in [2.45, 2.75) is 0 Å². The van der Waals surface area contributed by atoms with Crippen LogP contribution in [0.3, 0.4) is 0 Å². The van der Waals surface area contributed by atoms with E-state index in [0.717, 1.165) is 12.4 Å². The summed E-state index contributed by atoms with van der Waals surface area (Å²) >= 11 is 0. The predicted octanol–water partition coefficient (Wildman–Crippen LogP) is -0.784. The third kappa shape index (κ3) is 1.82. The van der Waals surface area contributed by atoms with Crippen molar-refractivity contribution in [3.05, 3.63) is 12.3 Å². The highest BCUT2D eigenvalue weighted by molar-refractivity contribution is 7.88. The minimum Gasteiger partial charge on any atom is -0.480 e. The van der Waals surface area contributed by atoms with Crippen molar-refractivity contribution in [3.63, 3.8) is 0 Å². The molecule has 0 aromatic rings. The zero-order valence-electron chi connectivity index (χ0n) is 5.91. The molecule has 0 unspecified atom stereocenters. The topological polar surface area (TPSA) is 87.0 Å². The third-order valence-electron chi connectivity index (χ3n) is 1.12. The van der Waals surface area contributed by atoms with Gasteiger partial charge in [-0.3, -0.25) is 4.79 Å². The van der Waals surface area contributed by atoms with E-state index in [4.69, 9.17) is 5.11 Å². The zero-order chi connectivity index (χ0) is 9.19. The molecule has 0 spiro atoms. The first kappa shape index (κ1) is 8.72. The van der Waals surface area contributed by atoms with Crippen molar-refractivity contribution >= 4 is 22.4 Å². The van der Waals surface area contributed by atoms with E-state index in [1.54, 1.807) is 0 Å². The van der Waals surface area contributed by atoms with E-state index < -0.39 is 22.7 Å². The van der Waals surface area contributed by atoms with E-state index in [9.17, 15) is 13.2 Å². The molecule has 7 heteroatoms. The van der Waals surface area contributed by atoms with E-state index in [0.29, 0.717) is 4.31 Å². The fourth-order valence-corrected chi connectivity index (χ4v) is 1.49. The van der Waals surface area contributed by atoms with Crippen LogP contribution in [-0.2, 0) is 15.0 Å². The Morgan fingerprint density at radius 1 is 1.58 bits per heavy atom. The number of aliphatic carboxylic acids is 1. The van der Waals surface area contributed by atoms with Crippen LogP contribution in [0.15, 0.2) is 16.7 Å². The fourth-order valence-electron chi connectivity index (χ4n) is 0.652. The van der Waals surface area contributed by atoms with Gasteiger partial charge < -0.3 is 5.11 Å². The van der Waals surface area contributed by atoms with Crippen LogP contribution in [-0.4, -0.2) is 36.6 Å². The van der Waals surface area contributed by atoms with E-state index >= 15 is 0 Å². The molecule has 0 radical (unpaired) electrons. The number of hydrogen-bond acceptors (Lipinski definition) is 3. The normalized spacial score (nSPS) is 19.5. The van der Waals surface area contributed by atoms with Crippen LogP contribution in [0.5, 0.6) is 0 Å². The minimum atomic E-state index is -3.78. The molecule has 12 heavy (non-hydrogen) atoms. The zero-order valence-corrected chi connectivity index (χ0v) is 6.73. The molecule has 0 atom stereocenters. The van der Waals surface area contributed by atoms with Gasteiger partial charge in [-0.2, -0.15) is 12.8 Å². The lowest BCUT2D eigenvalue weighted by molar-refractivity contribution is -0.136. The molecule has 0 fully saturated rings. The van der Waals surface area contributed by atoms with Gasteiger partial charge in [0.25, 0.3) is 0 Å². The molecular weight excluding hydrogens is 184 g/mol. The van der Waals surface area contributed by atoms with Crippen molar-refractivity contribution in [1.82, 2.24) is 4.31 Å². The number of carboxylic acid groups (broad SMARTS) is 1. The molecule has 6 nitrogen and oxygen atoms in total. The lowest BCUT2D eigenvalue weighted by atomic mass is 10.6. The minimum absolute atomic E-state index is 0.601. The van der Waals surface area contributed by atoms with Crippen LogP contribution < -0.4 is 0 Å². The smallest absolute Gasteiger partial charge is 0.344 e. The van der Waals surface area contributed by atoms with Gasteiger partial charge >= 0.3 is 16.2 Å². The van der Waals surface area contributed by atoms with Gasteiger partial charge in [-0.1, -0.05) is 0 Å². The van der Waals surface area contributed by atoms with Crippen LogP contribution in [0.1, 0.15) is 0 Å². The van der Waals surface area contributed by atoms with Crippen molar-refractivity contribution in [1.29, 1.82) is 0 Å². The highest BCUT2D eigenvalue weighted by Gasteiger charge is 2.20. The first-order valence-electron chi connectivity index (χ1n) is 2.98. The molecule has 1 aliphatic rings. The number of nitrogens with zero attached hydrogens (tertiary/aromatic N) is 2. The van der Waals surface area contributed by atoms with Crippen LogP contribution in [0.25, 0.3) is 0 Å². The lowest BCUT2D eigenvalue weighted by Crippen LogP contribution is -2.31. The van der Waals surface area contributed by atoms with Crippen molar-refractivity contribution in [3.8, 4) is 0 Å². The van der Waals surface area contributed by atoms with Crippen molar-refractivity contribution in [2.75, 3.05) is 6.54 Å². The van der Waals surface area contributed by atoms with Crippen molar-refractivity contribution < 1.29 is 18.3 Å². The average molecular weight is 190 g/mol. The Labute approximate surface area is 69.0 Å². The molecular formula is C5H6N2O4S. The Balaban J connectivity index is 2.85. The van der Waals surface area contributed by atoms with Gasteiger partial charge in [0.05, 0.1) is 0 Å². The van der Waals surface area contributed by atoms with Gasteiger partial charge in [0.15, 0.2) is 0 Å². The summed E-state index contributed by atoms with van der Waals surface area (Å²) in [4.78, 5) is 10.2. The molecule has 0 bridgehead atoms. The maximum Gasteiger partial charge on any atom is 0.344 e. The molecule has 1 N–H and O–H groups in total. The SMILES string of the molecule is O=C(O)CN1C=CC=NS1(=O)=O. The molecule has 0 aromatic heterocycles. The molecule has 0 amide bonds. The summed E-state index contributed by atoms with van der Waals surface area (Å²) in [7, 11) is -3.78. The first-order chi connectivity index (χ1) is 5.52. The molecule has 66 valence electrons. The number of carbonyl (C=O) groups is 1. The number of allylic oxidation sites excluding steroid dienone is 1. The predicted molar refractivity (Wildman–Crippen MR) is 40.9 cm³/mol. The van der Waals surface area contributed by atoms with E-state index in [2.05, 4.69) is 4.40 Å². The van der Waals surface area contributed by atoms with E-state index in [-0.39, 0.29) is 0 Å². The molecule has 1 aliphatic heterocycles. The number of carboxylic acids is 1. The highest BCUT2D eigenvalue weighted by atomic mass is 32.2. The second-order valence-electron chi connectivity index (χ2n) is 2.01. The summed E-state index contributed by atoms with van der Waals surface area (Å²) in [5.41, 5.74) is 0. The first-order valence-corrected chi connectivity index (χ1v) is 4.38. The van der Waals surface area contributed by atoms with Gasteiger partial charge in [-0.15, -0.1) is 0 Å². The summed E-state index contributed by atoms with van der Waals surface area (Å²) in [6.45, 7) is -0.601. The second kappa shape index (κ2) is 2.94. The van der Waals surface area contributed by atoms with Gasteiger partial charge in [0, 0.05) is 12.4 Å². The summed E-state index contributed by atoms with van der Waals surface area (Å²) in [5, 5.41) is 8.31. The Hall–Kier alpha value is -1.37. The summed E-state index contributed by atoms with van der Waals surface area (Å²) in [6.07, 6.45) is 3.59. The van der Waals surface area contributed by atoms with E-state index in [1.165, 1.54) is 6.08 Å². The Morgan fingerprint density at radius 3 is 2.75 bits per heavy atom. The molecule has 1 heterocycles. The Morgan fingerprint density at radius 2 is 2.25 bits per heavy atom. The molecule has 0 aromatic carbocycles. The van der Waals surface area contributed by atoms with Crippen LogP contribution >= 0.6 is 0 Å². The molecule has 0 aliphatic carbocycles. The van der Waals surface area contributed by atoms with Crippen LogP contribution in [0, 0.1) is 0 Å². The van der Waals surface area contributed by atoms with Crippen LogP contribution in [0.4, 0.5) is 0 Å². The second-order valence-corrected chi connectivity index (χ2v) is 3.59. The maximum absolute atomic E-state index is 10.9. The largest absolute Gasteiger partial charge is 0.480 e. The molecule has 0 saturated heterocycles. The monoisotopic (exact) mass is 190 g/mol. The quantitative estimate of drug-likeness (QED) is 0.618.